The number of carbonyl (C=O) groups is 1. The van der Waals surface area contributed by atoms with Crippen molar-refractivity contribution in [1.82, 2.24) is 14.9 Å². The van der Waals surface area contributed by atoms with Gasteiger partial charge in [-0.15, -0.1) is 0 Å². The van der Waals surface area contributed by atoms with Crippen molar-refractivity contribution in [1.29, 1.82) is 0 Å². The highest BCUT2D eigenvalue weighted by molar-refractivity contribution is 5.93. The molecule has 3 aromatic rings. The third-order valence-electron chi connectivity index (χ3n) is 4.89. The van der Waals surface area contributed by atoms with Crippen LogP contribution in [0.3, 0.4) is 0 Å². The standard InChI is InChI=1S/C21H19F2N3O3/c1-28-16-6-3-13(4-7-16)19-10-26-12-25-20(18(26)11-29-19)21(27)24-9-14-2-5-15(22)8-17(14)23/h2-8,12,19H,9-11H2,1H3,(H,24,27). The van der Waals surface area contributed by atoms with Gasteiger partial charge in [0.15, 0.2) is 5.69 Å². The molecule has 1 N–H and O–H groups in total. The Labute approximate surface area is 166 Å². The fourth-order valence-electron chi connectivity index (χ4n) is 3.26. The molecule has 0 saturated heterocycles. The molecule has 0 aliphatic carbocycles. The van der Waals surface area contributed by atoms with E-state index in [0.29, 0.717) is 12.2 Å². The monoisotopic (exact) mass is 399 g/mol. The molecule has 2 aromatic carbocycles. The molecule has 2 heterocycles. The SMILES string of the molecule is COc1ccc(C2Cn3cnc(C(=O)NCc4ccc(F)cc4F)c3CO2)cc1. The molecule has 1 aliphatic heterocycles. The van der Waals surface area contributed by atoms with E-state index in [9.17, 15) is 13.6 Å². The first kappa shape index (κ1) is 19.1. The minimum absolute atomic E-state index is 0.0629. The van der Waals surface area contributed by atoms with Gasteiger partial charge in [0.05, 0.1) is 32.3 Å². The van der Waals surface area contributed by atoms with Crippen molar-refractivity contribution in [3.05, 3.63) is 82.9 Å². The molecule has 8 heteroatoms. The Kier molecular flexibility index (Phi) is 5.26. The number of fused-ring (bicyclic) bond motifs is 1. The lowest BCUT2D eigenvalue weighted by molar-refractivity contribution is 0.00255. The van der Waals surface area contributed by atoms with E-state index in [0.717, 1.165) is 23.4 Å². The fraction of sp³-hybridized carbons (Fsp3) is 0.238. The van der Waals surface area contributed by atoms with Gasteiger partial charge < -0.3 is 19.4 Å². The number of hydrogen-bond acceptors (Lipinski definition) is 4. The zero-order chi connectivity index (χ0) is 20.4. The van der Waals surface area contributed by atoms with E-state index in [4.69, 9.17) is 9.47 Å². The Morgan fingerprint density at radius 2 is 2.07 bits per heavy atom. The van der Waals surface area contributed by atoms with Gasteiger partial charge in [-0.3, -0.25) is 4.79 Å². The van der Waals surface area contributed by atoms with Gasteiger partial charge >= 0.3 is 0 Å². The molecule has 1 unspecified atom stereocenters. The Morgan fingerprint density at radius 1 is 1.28 bits per heavy atom. The van der Waals surface area contributed by atoms with E-state index in [1.165, 1.54) is 6.07 Å². The average molecular weight is 399 g/mol. The molecule has 1 aromatic heterocycles. The lowest BCUT2D eigenvalue weighted by Gasteiger charge is -2.25. The van der Waals surface area contributed by atoms with Crippen LogP contribution in [0.1, 0.15) is 33.4 Å². The normalized spacial score (nSPS) is 15.6. The smallest absolute Gasteiger partial charge is 0.272 e. The highest BCUT2D eigenvalue weighted by Crippen LogP contribution is 2.28. The molecule has 29 heavy (non-hydrogen) atoms. The van der Waals surface area contributed by atoms with Crippen molar-refractivity contribution in [2.75, 3.05) is 7.11 Å². The summed E-state index contributed by atoms with van der Waals surface area (Å²) in [6.45, 7) is 0.686. The fourth-order valence-corrected chi connectivity index (χ4v) is 3.26. The van der Waals surface area contributed by atoms with Gasteiger partial charge in [-0.2, -0.15) is 0 Å². The lowest BCUT2D eigenvalue weighted by atomic mass is 10.1. The van der Waals surface area contributed by atoms with Crippen LogP contribution in [0.15, 0.2) is 48.8 Å². The largest absolute Gasteiger partial charge is 0.497 e. The van der Waals surface area contributed by atoms with Crippen LogP contribution in [0.25, 0.3) is 0 Å². The summed E-state index contributed by atoms with van der Waals surface area (Å²) in [7, 11) is 1.61. The van der Waals surface area contributed by atoms with Crippen LogP contribution in [0.5, 0.6) is 5.75 Å². The van der Waals surface area contributed by atoms with Gasteiger partial charge in [0.2, 0.25) is 0 Å². The van der Waals surface area contributed by atoms with Gasteiger partial charge in [0.25, 0.3) is 5.91 Å². The maximum Gasteiger partial charge on any atom is 0.272 e. The molecule has 0 radical (unpaired) electrons. The molecule has 0 saturated carbocycles. The predicted octanol–water partition coefficient (Wildman–Crippen LogP) is 3.37. The molecule has 150 valence electrons. The summed E-state index contributed by atoms with van der Waals surface area (Å²) in [6.07, 6.45) is 1.44. The summed E-state index contributed by atoms with van der Waals surface area (Å²) in [5, 5.41) is 2.62. The Balaban J connectivity index is 1.43. The Hall–Kier alpha value is -3.26. The molecule has 0 spiro atoms. The number of aromatic nitrogens is 2. The minimum Gasteiger partial charge on any atom is -0.497 e. The van der Waals surface area contributed by atoms with E-state index in [1.807, 2.05) is 28.8 Å². The Bertz CT molecular complexity index is 1030. The van der Waals surface area contributed by atoms with Gasteiger partial charge in [0, 0.05) is 18.2 Å². The molecule has 0 fully saturated rings. The summed E-state index contributed by atoms with van der Waals surface area (Å²) >= 11 is 0. The molecule has 1 aliphatic rings. The number of rotatable bonds is 5. The number of hydrogen-bond donors (Lipinski definition) is 1. The van der Waals surface area contributed by atoms with E-state index >= 15 is 0 Å². The number of benzene rings is 2. The number of amides is 1. The van der Waals surface area contributed by atoms with Crippen LogP contribution < -0.4 is 10.1 Å². The number of carbonyl (C=O) groups excluding carboxylic acids is 1. The molecular formula is C21H19F2N3O3. The van der Waals surface area contributed by atoms with Crippen molar-refractivity contribution in [3.63, 3.8) is 0 Å². The van der Waals surface area contributed by atoms with Gasteiger partial charge in [-0.05, 0) is 23.8 Å². The van der Waals surface area contributed by atoms with Crippen molar-refractivity contribution >= 4 is 5.91 Å². The van der Waals surface area contributed by atoms with E-state index in [1.54, 1.807) is 13.4 Å². The zero-order valence-electron chi connectivity index (χ0n) is 15.7. The first-order valence-corrected chi connectivity index (χ1v) is 9.07. The maximum atomic E-state index is 13.7. The van der Waals surface area contributed by atoms with Crippen molar-refractivity contribution in [3.8, 4) is 5.75 Å². The van der Waals surface area contributed by atoms with Gasteiger partial charge in [0.1, 0.15) is 23.5 Å². The molecule has 1 amide bonds. The highest BCUT2D eigenvalue weighted by Gasteiger charge is 2.26. The van der Waals surface area contributed by atoms with Crippen molar-refractivity contribution in [2.45, 2.75) is 25.8 Å². The Morgan fingerprint density at radius 3 is 2.79 bits per heavy atom. The summed E-state index contributed by atoms with van der Waals surface area (Å²) in [4.78, 5) is 16.7. The van der Waals surface area contributed by atoms with E-state index < -0.39 is 17.5 Å². The summed E-state index contributed by atoms with van der Waals surface area (Å²) < 4.78 is 39.7. The van der Waals surface area contributed by atoms with Crippen LogP contribution >= 0.6 is 0 Å². The van der Waals surface area contributed by atoms with Crippen molar-refractivity contribution in [2.24, 2.45) is 0 Å². The number of nitrogens with one attached hydrogen (secondary N) is 1. The summed E-state index contributed by atoms with van der Waals surface area (Å²) in [5.41, 5.74) is 2.10. The zero-order valence-corrected chi connectivity index (χ0v) is 15.7. The minimum atomic E-state index is -0.706. The third kappa shape index (κ3) is 3.97. The van der Waals surface area contributed by atoms with E-state index in [2.05, 4.69) is 10.3 Å². The first-order chi connectivity index (χ1) is 14.0. The van der Waals surface area contributed by atoms with Crippen LogP contribution in [0, 0.1) is 11.6 Å². The number of ether oxygens (including phenoxy) is 2. The third-order valence-corrected chi connectivity index (χ3v) is 4.89. The molecular weight excluding hydrogens is 380 g/mol. The number of methoxy groups -OCH3 is 1. The quantitative estimate of drug-likeness (QED) is 0.715. The molecule has 0 bridgehead atoms. The van der Waals surface area contributed by atoms with Crippen molar-refractivity contribution < 1.29 is 23.0 Å². The van der Waals surface area contributed by atoms with Gasteiger partial charge in [-0.25, -0.2) is 13.8 Å². The van der Waals surface area contributed by atoms with Crippen LogP contribution in [-0.4, -0.2) is 22.6 Å². The van der Waals surface area contributed by atoms with Gasteiger partial charge in [-0.1, -0.05) is 18.2 Å². The molecule has 6 nitrogen and oxygen atoms in total. The summed E-state index contributed by atoms with van der Waals surface area (Å²) in [5.74, 6) is -1.04. The molecule has 4 rings (SSSR count). The van der Waals surface area contributed by atoms with Crippen LogP contribution in [0.2, 0.25) is 0 Å². The van der Waals surface area contributed by atoms with Crippen LogP contribution in [-0.2, 0) is 24.4 Å². The second-order valence-corrected chi connectivity index (χ2v) is 6.68. The second kappa shape index (κ2) is 8.00. The topological polar surface area (TPSA) is 65.4 Å². The van der Waals surface area contributed by atoms with E-state index in [-0.39, 0.29) is 30.5 Å². The lowest BCUT2D eigenvalue weighted by Crippen LogP contribution is -2.27. The number of halogens is 2. The molecule has 1 atom stereocenters. The first-order valence-electron chi connectivity index (χ1n) is 9.07. The second-order valence-electron chi connectivity index (χ2n) is 6.68. The highest BCUT2D eigenvalue weighted by atomic mass is 19.1. The maximum absolute atomic E-state index is 13.7. The number of nitrogens with zero attached hydrogens (tertiary/aromatic N) is 2. The number of imidazole rings is 1. The van der Waals surface area contributed by atoms with Crippen LogP contribution in [0.4, 0.5) is 8.78 Å². The average Bonchev–Trinajstić information content (AvgIpc) is 3.16. The predicted molar refractivity (Wildman–Crippen MR) is 100 cm³/mol. The summed E-state index contributed by atoms with van der Waals surface area (Å²) in [6, 6.07) is 10.9.